The van der Waals surface area contributed by atoms with Gasteiger partial charge in [-0.3, -0.25) is 4.79 Å². The Morgan fingerprint density at radius 3 is 2.64 bits per heavy atom. The second-order valence-corrected chi connectivity index (χ2v) is 5.77. The average Bonchev–Trinajstić information content (AvgIpc) is 2.56. The smallest absolute Gasteiger partial charge is 0.244 e. The number of benzene rings is 2. The number of carbonyl (C=O) groups excluding carboxylic acids is 1. The van der Waals surface area contributed by atoms with Crippen molar-refractivity contribution in [3.05, 3.63) is 65.7 Å². The van der Waals surface area contributed by atoms with E-state index in [-0.39, 0.29) is 11.9 Å². The molecule has 0 aliphatic carbocycles. The number of amides is 1. The number of fused-ring (bicyclic) bond motifs is 1. The van der Waals surface area contributed by atoms with E-state index in [0.29, 0.717) is 6.61 Å². The minimum atomic E-state index is -1.06. The molecule has 1 aliphatic heterocycles. The van der Waals surface area contributed by atoms with Crippen LogP contribution in [0.2, 0.25) is 0 Å². The van der Waals surface area contributed by atoms with Crippen molar-refractivity contribution in [3.63, 3.8) is 0 Å². The topological polar surface area (TPSA) is 64.4 Å². The third-order valence-corrected chi connectivity index (χ3v) is 4.11. The van der Waals surface area contributed by atoms with Crippen molar-refractivity contribution in [2.45, 2.75) is 24.9 Å². The molecule has 114 valence electrons. The highest BCUT2D eigenvalue weighted by Crippen LogP contribution is 2.32. The van der Waals surface area contributed by atoms with Gasteiger partial charge in [-0.2, -0.15) is 0 Å². The van der Waals surface area contributed by atoms with E-state index in [4.69, 9.17) is 10.5 Å². The van der Waals surface area contributed by atoms with Gasteiger partial charge < -0.3 is 15.8 Å². The van der Waals surface area contributed by atoms with Gasteiger partial charge in [0, 0.05) is 12.0 Å². The first-order valence-electron chi connectivity index (χ1n) is 7.46. The third-order valence-electron chi connectivity index (χ3n) is 4.11. The molecule has 0 bridgehead atoms. The summed E-state index contributed by atoms with van der Waals surface area (Å²) in [5.74, 6) is 0.651. The van der Waals surface area contributed by atoms with E-state index < -0.39 is 5.54 Å². The maximum atomic E-state index is 12.7. The summed E-state index contributed by atoms with van der Waals surface area (Å²) in [7, 11) is 0. The van der Waals surface area contributed by atoms with E-state index in [1.54, 1.807) is 6.92 Å². The summed E-state index contributed by atoms with van der Waals surface area (Å²) >= 11 is 0. The van der Waals surface area contributed by atoms with Crippen LogP contribution in [0.25, 0.3) is 0 Å². The second kappa shape index (κ2) is 5.81. The Balaban J connectivity index is 1.81. The van der Waals surface area contributed by atoms with Gasteiger partial charge in [-0.1, -0.05) is 48.5 Å². The van der Waals surface area contributed by atoms with Crippen molar-refractivity contribution in [2.75, 3.05) is 6.61 Å². The molecule has 4 heteroatoms. The zero-order valence-corrected chi connectivity index (χ0v) is 12.6. The van der Waals surface area contributed by atoms with E-state index in [1.165, 1.54) is 0 Å². The lowest BCUT2D eigenvalue weighted by Crippen LogP contribution is -2.50. The highest BCUT2D eigenvalue weighted by atomic mass is 16.5. The molecule has 3 rings (SSSR count). The van der Waals surface area contributed by atoms with Crippen molar-refractivity contribution in [1.82, 2.24) is 5.32 Å². The molecule has 3 N–H and O–H groups in total. The molecule has 0 aromatic heterocycles. The number of ether oxygens (including phenoxy) is 1. The highest BCUT2D eigenvalue weighted by Gasteiger charge is 2.33. The highest BCUT2D eigenvalue weighted by molar-refractivity contribution is 5.87. The zero-order valence-electron chi connectivity index (χ0n) is 12.6. The van der Waals surface area contributed by atoms with E-state index >= 15 is 0 Å². The fourth-order valence-corrected chi connectivity index (χ4v) is 2.72. The van der Waals surface area contributed by atoms with Gasteiger partial charge in [0.25, 0.3) is 0 Å². The number of carbonyl (C=O) groups is 1. The Morgan fingerprint density at radius 1 is 1.18 bits per heavy atom. The van der Waals surface area contributed by atoms with Crippen LogP contribution in [0.3, 0.4) is 0 Å². The largest absolute Gasteiger partial charge is 0.493 e. The summed E-state index contributed by atoms with van der Waals surface area (Å²) in [6, 6.07) is 17.1. The van der Waals surface area contributed by atoms with Crippen molar-refractivity contribution in [1.29, 1.82) is 0 Å². The summed E-state index contributed by atoms with van der Waals surface area (Å²) in [5, 5.41) is 3.07. The summed E-state index contributed by atoms with van der Waals surface area (Å²) in [6.45, 7) is 2.33. The molecule has 4 nitrogen and oxygen atoms in total. The van der Waals surface area contributed by atoms with Crippen LogP contribution in [0.5, 0.6) is 5.75 Å². The summed E-state index contributed by atoms with van der Waals surface area (Å²) in [6.07, 6.45) is 0.744. The SMILES string of the molecule is CC(N)(C(=O)NC1CCOc2ccccc21)c1ccccc1. The molecule has 2 atom stereocenters. The van der Waals surface area contributed by atoms with E-state index in [1.807, 2.05) is 54.6 Å². The molecule has 22 heavy (non-hydrogen) atoms. The van der Waals surface area contributed by atoms with Crippen LogP contribution >= 0.6 is 0 Å². The van der Waals surface area contributed by atoms with Gasteiger partial charge in [0.1, 0.15) is 11.3 Å². The molecule has 0 saturated heterocycles. The van der Waals surface area contributed by atoms with Crippen molar-refractivity contribution < 1.29 is 9.53 Å². The first-order valence-corrected chi connectivity index (χ1v) is 7.46. The maximum Gasteiger partial charge on any atom is 0.244 e. The molecular weight excluding hydrogens is 276 g/mol. The Morgan fingerprint density at radius 2 is 1.86 bits per heavy atom. The number of nitrogens with one attached hydrogen (secondary N) is 1. The molecule has 2 aromatic carbocycles. The number of hydrogen-bond acceptors (Lipinski definition) is 3. The standard InChI is InChI=1S/C18H20N2O2/c1-18(19,13-7-3-2-4-8-13)17(21)20-15-11-12-22-16-10-6-5-9-14(15)16/h2-10,15H,11-12,19H2,1H3,(H,20,21). The number of nitrogens with two attached hydrogens (primary N) is 1. The van der Waals surface area contributed by atoms with Gasteiger partial charge in [-0.15, -0.1) is 0 Å². The number of hydrogen-bond donors (Lipinski definition) is 2. The molecule has 1 amide bonds. The van der Waals surface area contributed by atoms with Gasteiger partial charge >= 0.3 is 0 Å². The molecule has 0 fully saturated rings. The molecule has 1 aliphatic rings. The van der Waals surface area contributed by atoms with Crippen LogP contribution in [0.4, 0.5) is 0 Å². The quantitative estimate of drug-likeness (QED) is 0.914. The number of rotatable bonds is 3. The Hall–Kier alpha value is -2.33. The second-order valence-electron chi connectivity index (χ2n) is 5.77. The third kappa shape index (κ3) is 2.70. The molecule has 0 saturated carbocycles. The monoisotopic (exact) mass is 296 g/mol. The van der Waals surface area contributed by atoms with Gasteiger partial charge in [-0.25, -0.2) is 0 Å². The van der Waals surface area contributed by atoms with Crippen LogP contribution in [0.1, 0.15) is 30.5 Å². The van der Waals surface area contributed by atoms with E-state index in [0.717, 1.165) is 23.3 Å². The Labute approximate surface area is 130 Å². The predicted octanol–water partition coefficient (Wildman–Crippen LogP) is 2.50. The van der Waals surface area contributed by atoms with E-state index in [2.05, 4.69) is 5.32 Å². The van der Waals surface area contributed by atoms with Crippen LogP contribution < -0.4 is 15.8 Å². The van der Waals surface area contributed by atoms with Crippen LogP contribution in [0.15, 0.2) is 54.6 Å². The molecule has 2 aromatic rings. The summed E-state index contributed by atoms with van der Waals surface area (Å²) in [5.41, 5.74) is 7.02. The first kappa shape index (κ1) is 14.6. The summed E-state index contributed by atoms with van der Waals surface area (Å²) in [4.78, 5) is 12.7. The van der Waals surface area contributed by atoms with Gasteiger partial charge in [0.2, 0.25) is 5.91 Å². The maximum absolute atomic E-state index is 12.7. The minimum Gasteiger partial charge on any atom is -0.493 e. The fraction of sp³-hybridized carbons (Fsp3) is 0.278. The van der Waals surface area contributed by atoms with Gasteiger partial charge in [0.05, 0.1) is 12.6 Å². The lowest BCUT2D eigenvalue weighted by atomic mass is 9.91. The molecular formula is C18H20N2O2. The van der Waals surface area contributed by atoms with Crippen molar-refractivity contribution in [3.8, 4) is 5.75 Å². The van der Waals surface area contributed by atoms with Crippen LogP contribution in [-0.2, 0) is 10.3 Å². The van der Waals surface area contributed by atoms with Gasteiger partial charge in [0.15, 0.2) is 0 Å². The van der Waals surface area contributed by atoms with Gasteiger partial charge in [-0.05, 0) is 18.6 Å². The normalized spacial score (nSPS) is 19.5. The molecule has 2 unspecified atom stereocenters. The minimum absolute atomic E-state index is 0.0657. The zero-order chi connectivity index (χ0) is 15.6. The molecule has 1 heterocycles. The Bertz CT molecular complexity index is 668. The lowest BCUT2D eigenvalue weighted by molar-refractivity contribution is -0.127. The molecule has 0 spiro atoms. The van der Waals surface area contributed by atoms with E-state index in [9.17, 15) is 4.79 Å². The summed E-state index contributed by atoms with van der Waals surface area (Å²) < 4.78 is 5.62. The molecule has 0 radical (unpaired) electrons. The predicted molar refractivity (Wildman–Crippen MR) is 85.4 cm³/mol. The average molecular weight is 296 g/mol. The van der Waals surface area contributed by atoms with Crippen molar-refractivity contribution >= 4 is 5.91 Å². The fourth-order valence-electron chi connectivity index (χ4n) is 2.72. The number of para-hydroxylation sites is 1. The van der Waals surface area contributed by atoms with Crippen LogP contribution in [-0.4, -0.2) is 12.5 Å². The first-order chi connectivity index (χ1) is 10.6. The lowest BCUT2D eigenvalue weighted by Gasteiger charge is -2.31. The van der Waals surface area contributed by atoms with Crippen LogP contribution in [0, 0.1) is 0 Å². The Kier molecular flexibility index (Phi) is 3.86. The van der Waals surface area contributed by atoms with Crippen molar-refractivity contribution in [2.24, 2.45) is 5.73 Å².